The lowest BCUT2D eigenvalue weighted by Crippen LogP contribution is -2.05. The molecule has 2 rings (SSSR count). The van der Waals surface area contributed by atoms with Crippen LogP contribution in [0, 0.1) is 18.3 Å². The van der Waals surface area contributed by atoms with Gasteiger partial charge in [0.05, 0.1) is 10.6 Å². The molecule has 0 aliphatic rings. The van der Waals surface area contributed by atoms with Crippen molar-refractivity contribution in [1.82, 2.24) is 4.98 Å². The number of halogens is 1. The topological polar surface area (TPSA) is 75.3 Å². The summed E-state index contributed by atoms with van der Waals surface area (Å²) in [5, 5.41) is 15.0. The fourth-order valence-corrected chi connectivity index (χ4v) is 2.27. The van der Waals surface area contributed by atoms with Gasteiger partial charge in [-0.25, -0.2) is 9.78 Å². The Morgan fingerprint density at radius 3 is 2.85 bits per heavy atom. The Hall–Kier alpha value is -2.23. The quantitative estimate of drug-likeness (QED) is 0.496. The molecule has 0 bridgehead atoms. The molecule has 1 aromatic carbocycles. The average molecular weight is 306 g/mol. The summed E-state index contributed by atoms with van der Waals surface area (Å²) in [6.07, 6.45) is 0. The molecular weight excluding hydrogens is 298 g/mol. The zero-order chi connectivity index (χ0) is 14.5. The Balaban J connectivity index is 2.18. The average Bonchev–Trinajstić information content (AvgIpc) is 2.86. The molecule has 0 unspecified atom stereocenters. The number of hydrogen-bond donors (Lipinski definition) is 0. The molecule has 0 atom stereocenters. The SMILES string of the molecule is Cc1csc(C(C#N)=NOC(=O)c2ccccc2Cl)n1. The summed E-state index contributed by atoms with van der Waals surface area (Å²) in [4.78, 5) is 20.6. The maximum absolute atomic E-state index is 11.8. The number of carbonyl (C=O) groups excluding carboxylic acids is 1. The van der Waals surface area contributed by atoms with E-state index in [1.54, 1.807) is 30.5 Å². The standard InChI is InChI=1S/C13H8ClN3O2S/c1-8-7-20-12(16-8)11(6-15)17-19-13(18)9-4-2-3-5-10(9)14/h2-5,7H,1H3. The molecule has 0 amide bonds. The first kappa shape index (κ1) is 14.2. The summed E-state index contributed by atoms with van der Waals surface area (Å²) in [5.41, 5.74) is 0.902. The van der Waals surface area contributed by atoms with Crippen LogP contribution in [0.25, 0.3) is 0 Å². The summed E-state index contributed by atoms with van der Waals surface area (Å²) >= 11 is 7.12. The number of hydrogen-bond acceptors (Lipinski definition) is 6. The maximum atomic E-state index is 11.8. The monoisotopic (exact) mass is 305 g/mol. The second-order valence-corrected chi connectivity index (χ2v) is 4.97. The van der Waals surface area contributed by atoms with Crippen LogP contribution < -0.4 is 0 Å². The molecule has 0 spiro atoms. The van der Waals surface area contributed by atoms with Crippen molar-refractivity contribution in [2.45, 2.75) is 6.92 Å². The van der Waals surface area contributed by atoms with Crippen LogP contribution in [0.2, 0.25) is 5.02 Å². The van der Waals surface area contributed by atoms with Gasteiger partial charge in [0.1, 0.15) is 6.07 Å². The minimum Gasteiger partial charge on any atom is -0.311 e. The minimum atomic E-state index is -0.725. The lowest BCUT2D eigenvalue weighted by Gasteiger charge is -2.00. The van der Waals surface area contributed by atoms with E-state index >= 15 is 0 Å². The molecule has 0 aliphatic carbocycles. The number of aromatic nitrogens is 1. The molecule has 7 heteroatoms. The van der Waals surface area contributed by atoms with E-state index in [2.05, 4.69) is 10.1 Å². The Morgan fingerprint density at radius 2 is 2.25 bits per heavy atom. The van der Waals surface area contributed by atoms with Crippen molar-refractivity contribution < 1.29 is 9.63 Å². The van der Waals surface area contributed by atoms with Crippen molar-refractivity contribution in [2.75, 3.05) is 0 Å². The van der Waals surface area contributed by atoms with Gasteiger partial charge >= 0.3 is 5.97 Å². The zero-order valence-corrected chi connectivity index (χ0v) is 11.9. The third-order valence-corrected chi connectivity index (χ3v) is 3.54. The van der Waals surface area contributed by atoms with Gasteiger partial charge in [-0.3, -0.25) is 0 Å². The van der Waals surface area contributed by atoms with Crippen LogP contribution in [-0.2, 0) is 4.84 Å². The van der Waals surface area contributed by atoms with E-state index in [1.807, 2.05) is 6.07 Å². The van der Waals surface area contributed by atoms with Crippen molar-refractivity contribution in [2.24, 2.45) is 5.16 Å². The summed E-state index contributed by atoms with van der Waals surface area (Å²) in [7, 11) is 0. The molecule has 20 heavy (non-hydrogen) atoms. The smallest absolute Gasteiger partial charge is 0.311 e. The fourth-order valence-electron chi connectivity index (χ4n) is 1.33. The van der Waals surface area contributed by atoms with Gasteiger partial charge < -0.3 is 4.84 Å². The van der Waals surface area contributed by atoms with Crippen LogP contribution in [0.3, 0.4) is 0 Å². The highest BCUT2D eigenvalue weighted by molar-refractivity contribution is 7.12. The van der Waals surface area contributed by atoms with Crippen LogP contribution in [0.4, 0.5) is 0 Å². The molecule has 0 N–H and O–H groups in total. The lowest BCUT2D eigenvalue weighted by atomic mass is 10.2. The van der Waals surface area contributed by atoms with E-state index in [0.29, 0.717) is 5.01 Å². The van der Waals surface area contributed by atoms with Gasteiger partial charge in [0.2, 0.25) is 5.71 Å². The molecule has 0 aliphatic heterocycles. The predicted molar refractivity (Wildman–Crippen MR) is 75.9 cm³/mol. The van der Waals surface area contributed by atoms with Gasteiger partial charge in [-0.2, -0.15) is 5.26 Å². The number of oxime groups is 1. The van der Waals surface area contributed by atoms with Crippen molar-refractivity contribution in [1.29, 1.82) is 5.26 Å². The molecule has 100 valence electrons. The summed E-state index contributed by atoms with van der Waals surface area (Å²) in [5.74, 6) is -0.725. The Labute approximate surface area is 124 Å². The van der Waals surface area contributed by atoms with Gasteiger partial charge in [0, 0.05) is 11.1 Å². The molecule has 0 saturated heterocycles. The molecule has 0 saturated carbocycles. The first-order chi connectivity index (χ1) is 9.61. The molecule has 0 radical (unpaired) electrons. The zero-order valence-electron chi connectivity index (χ0n) is 10.3. The third-order valence-electron chi connectivity index (χ3n) is 2.24. The second kappa shape index (κ2) is 6.28. The van der Waals surface area contributed by atoms with Gasteiger partial charge in [0.25, 0.3) is 0 Å². The van der Waals surface area contributed by atoms with E-state index in [0.717, 1.165) is 5.69 Å². The lowest BCUT2D eigenvalue weighted by molar-refractivity contribution is 0.0517. The molecule has 5 nitrogen and oxygen atoms in total. The third kappa shape index (κ3) is 3.20. The largest absolute Gasteiger partial charge is 0.367 e. The fraction of sp³-hybridized carbons (Fsp3) is 0.0769. The summed E-state index contributed by atoms with van der Waals surface area (Å²) in [6.45, 7) is 1.80. The number of benzene rings is 1. The van der Waals surface area contributed by atoms with E-state index in [4.69, 9.17) is 21.7 Å². The van der Waals surface area contributed by atoms with E-state index in [1.165, 1.54) is 17.4 Å². The van der Waals surface area contributed by atoms with Crippen LogP contribution in [0.15, 0.2) is 34.8 Å². The normalized spacial score (nSPS) is 10.9. The highest BCUT2D eigenvalue weighted by atomic mass is 35.5. The van der Waals surface area contributed by atoms with Crippen LogP contribution >= 0.6 is 22.9 Å². The minimum absolute atomic E-state index is 0.0523. The Morgan fingerprint density at radius 1 is 1.50 bits per heavy atom. The van der Waals surface area contributed by atoms with Crippen LogP contribution in [0.1, 0.15) is 21.1 Å². The molecular formula is C13H8ClN3O2S. The second-order valence-electron chi connectivity index (χ2n) is 3.70. The van der Waals surface area contributed by atoms with Crippen LogP contribution in [-0.4, -0.2) is 16.7 Å². The molecule has 1 heterocycles. The number of nitriles is 1. The first-order valence-corrected chi connectivity index (χ1v) is 6.74. The van der Waals surface area contributed by atoms with Gasteiger partial charge in [-0.05, 0) is 19.1 Å². The summed E-state index contributed by atoms with van der Waals surface area (Å²) < 4.78 is 0. The van der Waals surface area contributed by atoms with Crippen molar-refractivity contribution >= 4 is 34.6 Å². The van der Waals surface area contributed by atoms with Crippen molar-refractivity contribution in [3.8, 4) is 6.07 Å². The Kier molecular flexibility index (Phi) is 4.45. The first-order valence-electron chi connectivity index (χ1n) is 5.48. The van der Waals surface area contributed by atoms with Gasteiger partial charge in [-0.1, -0.05) is 28.9 Å². The predicted octanol–water partition coefficient (Wildman–Crippen LogP) is 3.19. The van der Waals surface area contributed by atoms with E-state index in [9.17, 15) is 4.79 Å². The molecule has 2 aromatic rings. The highest BCUT2D eigenvalue weighted by Gasteiger charge is 2.13. The maximum Gasteiger partial charge on any atom is 0.367 e. The van der Waals surface area contributed by atoms with Crippen molar-refractivity contribution in [3.63, 3.8) is 0 Å². The van der Waals surface area contributed by atoms with E-state index in [-0.39, 0.29) is 16.3 Å². The number of carbonyl (C=O) groups is 1. The van der Waals surface area contributed by atoms with Crippen molar-refractivity contribution in [3.05, 3.63) is 50.9 Å². The molecule has 0 fully saturated rings. The van der Waals surface area contributed by atoms with E-state index < -0.39 is 5.97 Å². The highest BCUT2D eigenvalue weighted by Crippen LogP contribution is 2.16. The van der Waals surface area contributed by atoms with Gasteiger partial charge in [0.15, 0.2) is 5.01 Å². The van der Waals surface area contributed by atoms with Gasteiger partial charge in [-0.15, -0.1) is 11.3 Å². The molecule has 1 aromatic heterocycles. The summed E-state index contributed by atoms with van der Waals surface area (Å²) in [6, 6.07) is 8.27. The Bertz CT molecular complexity index is 718. The number of rotatable bonds is 3. The number of thiazole rings is 1. The number of nitrogens with zero attached hydrogens (tertiary/aromatic N) is 3. The number of aryl methyl sites for hydroxylation is 1. The van der Waals surface area contributed by atoms with Crippen LogP contribution in [0.5, 0.6) is 0 Å².